The predicted molar refractivity (Wildman–Crippen MR) is 109 cm³/mol. The van der Waals surface area contributed by atoms with E-state index < -0.39 is 11.9 Å². The van der Waals surface area contributed by atoms with Gasteiger partial charge in [-0.1, -0.05) is 45.9 Å². The van der Waals surface area contributed by atoms with Gasteiger partial charge in [-0.3, -0.25) is 14.4 Å². The largest absolute Gasteiger partial charge is 0.455 e. The second kappa shape index (κ2) is 10.2. The number of amides is 2. The number of anilines is 1. The zero-order valence-electron chi connectivity index (χ0n) is 17.4. The third-order valence-corrected chi connectivity index (χ3v) is 5.53. The maximum atomic E-state index is 12.6. The summed E-state index contributed by atoms with van der Waals surface area (Å²) >= 11 is 0. The molecule has 28 heavy (non-hydrogen) atoms. The summed E-state index contributed by atoms with van der Waals surface area (Å²) in [7, 11) is 0. The number of rotatable bonds is 9. The first-order chi connectivity index (χ1) is 13.4. The van der Waals surface area contributed by atoms with Crippen molar-refractivity contribution in [1.29, 1.82) is 0 Å². The van der Waals surface area contributed by atoms with Crippen LogP contribution in [0.15, 0.2) is 24.3 Å². The smallest absolute Gasteiger partial charge is 0.311 e. The van der Waals surface area contributed by atoms with Crippen molar-refractivity contribution in [1.82, 2.24) is 5.32 Å². The molecular weight excluding hydrogens is 356 g/mol. The van der Waals surface area contributed by atoms with Gasteiger partial charge in [-0.25, -0.2) is 0 Å². The molecule has 1 aromatic carbocycles. The zero-order chi connectivity index (χ0) is 20.7. The fourth-order valence-electron chi connectivity index (χ4n) is 3.48. The monoisotopic (exact) mass is 388 g/mol. The van der Waals surface area contributed by atoms with E-state index in [4.69, 9.17) is 4.74 Å². The maximum absolute atomic E-state index is 12.6. The first kappa shape index (κ1) is 21.9. The minimum absolute atomic E-state index is 0.0841. The van der Waals surface area contributed by atoms with Crippen LogP contribution in [0.4, 0.5) is 5.69 Å². The fourth-order valence-corrected chi connectivity index (χ4v) is 3.48. The van der Waals surface area contributed by atoms with Crippen molar-refractivity contribution in [2.24, 2.45) is 5.92 Å². The molecule has 0 radical (unpaired) electrons. The van der Waals surface area contributed by atoms with Gasteiger partial charge in [0, 0.05) is 24.7 Å². The molecule has 1 aliphatic rings. The number of nitrogens with zero attached hydrogens (tertiary/aromatic N) is 1. The molecule has 2 amide bonds. The molecule has 154 valence electrons. The SMILES string of the molecule is CCC(CC)NC(=O)COC(=O)[C@H]1CC(=O)N(c2ccccc2[C@@H](C)CC)C1. The van der Waals surface area contributed by atoms with E-state index in [0.717, 1.165) is 30.5 Å². The predicted octanol–water partition coefficient (Wildman–Crippen LogP) is 3.40. The second-order valence-electron chi connectivity index (χ2n) is 7.46. The summed E-state index contributed by atoms with van der Waals surface area (Å²) in [6, 6.07) is 7.92. The van der Waals surface area contributed by atoms with E-state index in [1.54, 1.807) is 4.90 Å². The van der Waals surface area contributed by atoms with Crippen LogP contribution < -0.4 is 10.2 Å². The van der Waals surface area contributed by atoms with Gasteiger partial charge in [-0.2, -0.15) is 0 Å². The Kier molecular flexibility index (Phi) is 8.03. The third-order valence-electron chi connectivity index (χ3n) is 5.53. The van der Waals surface area contributed by atoms with Crippen LogP contribution in [-0.2, 0) is 19.1 Å². The van der Waals surface area contributed by atoms with Gasteiger partial charge in [0.05, 0.1) is 5.92 Å². The van der Waals surface area contributed by atoms with Crippen molar-refractivity contribution < 1.29 is 19.1 Å². The summed E-state index contributed by atoms with van der Waals surface area (Å²) in [5.74, 6) is -1.09. The normalized spacial score (nSPS) is 17.7. The molecule has 1 aromatic rings. The highest BCUT2D eigenvalue weighted by Gasteiger charge is 2.37. The van der Waals surface area contributed by atoms with E-state index in [0.29, 0.717) is 12.5 Å². The summed E-state index contributed by atoms with van der Waals surface area (Å²) in [6.45, 7) is 8.22. The van der Waals surface area contributed by atoms with E-state index in [9.17, 15) is 14.4 Å². The van der Waals surface area contributed by atoms with E-state index in [1.807, 2.05) is 38.1 Å². The van der Waals surface area contributed by atoms with Gasteiger partial charge >= 0.3 is 5.97 Å². The summed E-state index contributed by atoms with van der Waals surface area (Å²) in [5, 5.41) is 2.84. The lowest BCUT2D eigenvalue weighted by Gasteiger charge is -2.23. The molecule has 1 heterocycles. The lowest BCUT2D eigenvalue weighted by molar-refractivity contribution is -0.152. The van der Waals surface area contributed by atoms with Crippen LogP contribution in [0.1, 0.15) is 64.9 Å². The number of hydrogen-bond acceptors (Lipinski definition) is 4. The van der Waals surface area contributed by atoms with Gasteiger partial charge in [-0.05, 0) is 36.8 Å². The molecule has 6 heteroatoms. The summed E-state index contributed by atoms with van der Waals surface area (Å²) in [4.78, 5) is 38.5. The van der Waals surface area contributed by atoms with E-state index in [2.05, 4.69) is 19.2 Å². The van der Waals surface area contributed by atoms with Gasteiger partial charge in [0.2, 0.25) is 5.91 Å². The summed E-state index contributed by atoms with van der Waals surface area (Å²) in [6.07, 6.45) is 2.74. The Morgan fingerprint density at radius 3 is 2.50 bits per heavy atom. The zero-order valence-corrected chi connectivity index (χ0v) is 17.4. The lowest BCUT2D eigenvalue weighted by atomic mass is 9.96. The molecule has 1 N–H and O–H groups in total. The van der Waals surface area contributed by atoms with Crippen LogP contribution in [0.2, 0.25) is 0 Å². The first-order valence-electron chi connectivity index (χ1n) is 10.3. The average Bonchev–Trinajstić information content (AvgIpc) is 3.11. The van der Waals surface area contributed by atoms with Crippen molar-refractivity contribution in [2.45, 2.75) is 65.3 Å². The summed E-state index contributed by atoms with van der Waals surface area (Å²) in [5.41, 5.74) is 1.97. The Morgan fingerprint density at radius 1 is 1.18 bits per heavy atom. The van der Waals surface area contributed by atoms with E-state index in [-0.39, 0.29) is 30.9 Å². The number of ether oxygens (including phenoxy) is 1. The molecule has 1 aliphatic heterocycles. The highest BCUT2D eigenvalue weighted by molar-refractivity contribution is 6.00. The quantitative estimate of drug-likeness (QED) is 0.658. The second-order valence-corrected chi connectivity index (χ2v) is 7.46. The Morgan fingerprint density at radius 2 is 1.86 bits per heavy atom. The molecule has 1 fully saturated rings. The van der Waals surface area contributed by atoms with Crippen LogP contribution in [0.5, 0.6) is 0 Å². The average molecular weight is 389 g/mol. The van der Waals surface area contributed by atoms with E-state index >= 15 is 0 Å². The van der Waals surface area contributed by atoms with Crippen molar-refractivity contribution >= 4 is 23.5 Å². The fraction of sp³-hybridized carbons (Fsp3) is 0.591. The molecule has 6 nitrogen and oxygen atoms in total. The number of benzene rings is 1. The Labute approximate surface area is 167 Å². The van der Waals surface area contributed by atoms with Crippen LogP contribution in [0.3, 0.4) is 0 Å². The molecule has 0 spiro atoms. The van der Waals surface area contributed by atoms with Crippen molar-refractivity contribution in [2.75, 3.05) is 18.1 Å². The van der Waals surface area contributed by atoms with Crippen LogP contribution in [0.25, 0.3) is 0 Å². The minimum atomic E-state index is -0.543. The molecule has 0 aromatic heterocycles. The van der Waals surface area contributed by atoms with Crippen molar-refractivity contribution in [3.63, 3.8) is 0 Å². The van der Waals surface area contributed by atoms with Crippen LogP contribution in [-0.4, -0.2) is 37.0 Å². The third kappa shape index (κ3) is 5.33. The highest BCUT2D eigenvalue weighted by Crippen LogP contribution is 2.33. The maximum Gasteiger partial charge on any atom is 0.311 e. The first-order valence-corrected chi connectivity index (χ1v) is 10.3. The molecule has 0 aliphatic carbocycles. The number of para-hydroxylation sites is 1. The molecule has 0 bridgehead atoms. The topological polar surface area (TPSA) is 75.7 Å². The standard InChI is InChI=1S/C22H32N2O4/c1-5-15(4)18-10-8-9-11-19(18)24-13-16(12-21(24)26)22(27)28-14-20(25)23-17(6-2)7-3/h8-11,15-17H,5-7,12-14H2,1-4H3,(H,23,25)/t15-,16-/m0/s1. The number of carbonyl (C=O) groups is 3. The van der Waals surface area contributed by atoms with Crippen LogP contribution in [0, 0.1) is 5.92 Å². The van der Waals surface area contributed by atoms with Gasteiger partial charge < -0.3 is 15.0 Å². The van der Waals surface area contributed by atoms with Crippen molar-refractivity contribution in [3.05, 3.63) is 29.8 Å². The molecule has 2 atom stereocenters. The Balaban J connectivity index is 1.97. The molecular formula is C22H32N2O4. The van der Waals surface area contributed by atoms with Gasteiger partial charge in [0.1, 0.15) is 0 Å². The van der Waals surface area contributed by atoms with Gasteiger partial charge in [0.15, 0.2) is 6.61 Å². The Bertz CT molecular complexity index is 700. The number of carbonyl (C=O) groups excluding carboxylic acids is 3. The lowest BCUT2D eigenvalue weighted by Crippen LogP contribution is -2.37. The van der Waals surface area contributed by atoms with Gasteiger partial charge in [0.25, 0.3) is 5.91 Å². The highest BCUT2D eigenvalue weighted by atomic mass is 16.5. The molecule has 0 unspecified atom stereocenters. The molecule has 0 saturated carbocycles. The number of nitrogens with one attached hydrogen (secondary N) is 1. The molecule has 2 rings (SSSR count). The minimum Gasteiger partial charge on any atom is -0.455 e. The van der Waals surface area contributed by atoms with Crippen LogP contribution >= 0.6 is 0 Å². The number of hydrogen-bond donors (Lipinski definition) is 1. The van der Waals surface area contributed by atoms with Gasteiger partial charge in [-0.15, -0.1) is 0 Å². The molecule has 1 saturated heterocycles. The Hall–Kier alpha value is -2.37. The summed E-state index contributed by atoms with van der Waals surface area (Å²) < 4.78 is 5.18. The van der Waals surface area contributed by atoms with Crippen molar-refractivity contribution in [3.8, 4) is 0 Å². The number of esters is 1. The van der Waals surface area contributed by atoms with E-state index in [1.165, 1.54) is 0 Å².